The molecule has 1 heterocycles. The first kappa shape index (κ1) is 17.2. The van der Waals surface area contributed by atoms with Gasteiger partial charge in [0.2, 0.25) is 5.13 Å². The van der Waals surface area contributed by atoms with Crippen LogP contribution in [0.2, 0.25) is 5.02 Å². The monoisotopic (exact) mass is 359 g/mol. The lowest BCUT2D eigenvalue weighted by molar-refractivity contribution is 0.595. The molecule has 1 aromatic heterocycles. The molecule has 2 aromatic rings. The van der Waals surface area contributed by atoms with Crippen molar-refractivity contribution in [2.45, 2.75) is 25.8 Å². The van der Waals surface area contributed by atoms with E-state index in [1.807, 2.05) is 31.2 Å². The van der Waals surface area contributed by atoms with Gasteiger partial charge in [0.15, 0.2) is 0 Å². The fourth-order valence-electron chi connectivity index (χ4n) is 1.83. The molecule has 0 bridgehead atoms. The van der Waals surface area contributed by atoms with Gasteiger partial charge in [-0.15, -0.1) is 10.2 Å². The zero-order valence-electron chi connectivity index (χ0n) is 12.4. The second kappa shape index (κ2) is 7.39. The summed E-state index contributed by atoms with van der Waals surface area (Å²) >= 11 is 7.34. The highest BCUT2D eigenvalue weighted by molar-refractivity contribution is 7.90. The normalized spacial score (nSPS) is 13.0. The number of aromatic nitrogens is 2. The summed E-state index contributed by atoms with van der Waals surface area (Å²) in [6.45, 7) is 1.94. The lowest BCUT2D eigenvalue weighted by atomic mass is 10.2. The van der Waals surface area contributed by atoms with Crippen molar-refractivity contribution in [2.24, 2.45) is 0 Å². The van der Waals surface area contributed by atoms with Gasteiger partial charge in [-0.3, -0.25) is 0 Å². The molecule has 0 aliphatic heterocycles. The lowest BCUT2D eigenvalue weighted by Crippen LogP contribution is -2.19. The van der Waals surface area contributed by atoms with E-state index in [0.717, 1.165) is 10.6 Å². The lowest BCUT2D eigenvalue weighted by Gasteiger charge is -2.11. The number of rotatable bonds is 7. The molecule has 0 radical (unpaired) electrons. The Balaban J connectivity index is 1.89. The Hall–Kier alpha value is -1.18. The Morgan fingerprint density at radius 3 is 2.59 bits per heavy atom. The molecule has 1 N–H and O–H groups in total. The maximum Gasteiger partial charge on any atom is 0.205 e. The molecule has 1 unspecified atom stereocenters. The van der Waals surface area contributed by atoms with Crippen LogP contribution >= 0.6 is 22.9 Å². The van der Waals surface area contributed by atoms with Crippen molar-refractivity contribution < 1.29 is 8.42 Å². The van der Waals surface area contributed by atoms with Crippen molar-refractivity contribution in [3.05, 3.63) is 39.9 Å². The third-order valence-electron chi connectivity index (χ3n) is 3.03. The van der Waals surface area contributed by atoms with Gasteiger partial charge >= 0.3 is 0 Å². The number of benzene rings is 1. The molecule has 2 rings (SSSR count). The molecule has 5 nitrogen and oxygen atoms in total. The van der Waals surface area contributed by atoms with Gasteiger partial charge in [-0.2, -0.15) is 0 Å². The van der Waals surface area contributed by atoms with Crippen molar-refractivity contribution in [3.63, 3.8) is 0 Å². The van der Waals surface area contributed by atoms with Gasteiger partial charge in [-0.05, 0) is 31.0 Å². The van der Waals surface area contributed by atoms with Crippen molar-refractivity contribution in [2.75, 3.05) is 17.3 Å². The van der Waals surface area contributed by atoms with Gasteiger partial charge < -0.3 is 5.32 Å². The average Bonchev–Trinajstić information content (AvgIpc) is 2.86. The summed E-state index contributed by atoms with van der Waals surface area (Å²) in [7, 11) is -2.93. The molecular weight excluding hydrogens is 342 g/mol. The molecule has 0 aliphatic rings. The Morgan fingerprint density at radius 1 is 1.27 bits per heavy atom. The molecule has 0 aliphatic carbocycles. The largest absolute Gasteiger partial charge is 0.358 e. The number of hydrogen-bond donors (Lipinski definition) is 1. The molecule has 0 amide bonds. The van der Waals surface area contributed by atoms with Crippen LogP contribution in [-0.4, -0.2) is 36.7 Å². The smallest absolute Gasteiger partial charge is 0.205 e. The van der Waals surface area contributed by atoms with Crippen molar-refractivity contribution >= 4 is 37.9 Å². The first-order chi connectivity index (χ1) is 10.3. The quantitative estimate of drug-likeness (QED) is 0.822. The van der Waals surface area contributed by atoms with Crippen LogP contribution in [0.15, 0.2) is 24.3 Å². The highest BCUT2D eigenvalue weighted by Gasteiger charge is 2.11. The number of hydrogen-bond acceptors (Lipinski definition) is 6. The van der Waals surface area contributed by atoms with E-state index in [0.29, 0.717) is 23.0 Å². The molecule has 0 saturated carbocycles. The molecule has 0 spiro atoms. The third-order valence-corrected chi connectivity index (χ3v) is 5.11. The Bertz CT molecular complexity index is 714. The maximum absolute atomic E-state index is 11.2. The van der Waals surface area contributed by atoms with Crippen LogP contribution in [0.4, 0.5) is 5.13 Å². The van der Waals surface area contributed by atoms with Gasteiger partial charge in [0, 0.05) is 23.7 Å². The summed E-state index contributed by atoms with van der Waals surface area (Å²) in [6, 6.07) is 7.66. The van der Waals surface area contributed by atoms with E-state index >= 15 is 0 Å². The second-order valence-corrected chi connectivity index (χ2v) is 9.03. The van der Waals surface area contributed by atoms with Gasteiger partial charge in [0.25, 0.3) is 0 Å². The maximum atomic E-state index is 11.2. The highest BCUT2D eigenvalue weighted by atomic mass is 35.5. The first-order valence-electron chi connectivity index (χ1n) is 6.83. The fraction of sp³-hybridized carbons (Fsp3) is 0.429. The summed E-state index contributed by atoms with van der Waals surface area (Å²) in [6.07, 6.45) is 2.49. The molecule has 120 valence electrons. The summed E-state index contributed by atoms with van der Waals surface area (Å²) in [5.41, 5.74) is 1.12. The number of sulfone groups is 1. The van der Waals surface area contributed by atoms with E-state index in [9.17, 15) is 8.42 Å². The minimum Gasteiger partial charge on any atom is -0.358 e. The topological polar surface area (TPSA) is 72.0 Å². The van der Waals surface area contributed by atoms with E-state index in [1.165, 1.54) is 17.6 Å². The molecular formula is C14H18ClN3O2S2. The minimum absolute atomic E-state index is 0.0334. The predicted molar refractivity (Wildman–Crippen MR) is 91.6 cm³/mol. The zero-order chi connectivity index (χ0) is 16.2. The molecule has 1 atom stereocenters. The number of anilines is 1. The summed E-state index contributed by atoms with van der Waals surface area (Å²) in [5, 5.41) is 13.8. The summed E-state index contributed by atoms with van der Waals surface area (Å²) in [4.78, 5) is 0. The van der Waals surface area contributed by atoms with Gasteiger partial charge in [-0.25, -0.2) is 8.42 Å². The van der Waals surface area contributed by atoms with E-state index in [1.54, 1.807) is 0 Å². The van der Waals surface area contributed by atoms with Crippen LogP contribution in [0.5, 0.6) is 0 Å². The van der Waals surface area contributed by atoms with Crippen LogP contribution in [0, 0.1) is 0 Å². The minimum atomic E-state index is -2.93. The summed E-state index contributed by atoms with van der Waals surface area (Å²) in [5.74, 6) is 0.164. The van der Waals surface area contributed by atoms with Crippen LogP contribution in [-0.2, 0) is 16.3 Å². The SMILES string of the molecule is CC(CCS(C)(=O)=O)Nc1nnc(Cc2ccc(Cl)cc2)s1. The number of halogens is 1. The zero-order valence-corrected chi connectivity index (χ0v) is 14.8. The first-order valence-corrected chi connectivity index (χ1v) is 10.1. The van der Waals surface area contributed by atoms with Crippen LogP contribution < -0.4 is 5.32 Å². The number of nitrogens with one attached hydrogen (secondary N) is 1. The van der Waals surface area contributed by atoms with Crippen molar-refractivity contribution in [1.29, 1.82) is 0 Å². The van der Waals surface area contributed by atoms with E-state index < -0.39 is 9.84 Å². The highest BCUT2D eigenvalue weighted by Crippen LogP contribution is 2.20. The molecule has 0 fully saturated rings. The molecule has 8 heteroatoms. The average molecular weight is 360 g/mol. The number of nitrogens with zero attached hydrogens (tertiary/aromatic N) is 2. The van der Waals surface area contributed by atoms with Gasteiger partial charge in [0.05, 0.1) is 5.75 Å². The van der Waals surface area contributed by atoms with Crippen molar-refractivity contribution in [3.8, 4) is 0 Å². The molecule has 0 saturated heterocycles. The van der Waals surface area contributed by atoms with E-state index in [4.69, 9.17) is 11.6 Å². The molecule has 22 heavy (non-hydrogen) atoms. The predicted octanol–water partition coefficient (Wildman–Crippen LogP) is 3.02. The van der Waals surface area contributed by atoms with Crippen molar-refractivity contribution in [1.82, 2.24) is 10.2 Å². The fourth-order valence-corrected chi connectivity index (χ4v) is 3.63. The van der Waals surface area contributed by atoms with Crippen LogP contribution in [0.3, 0.4) is 0 Å². The molecule has 1 aromatic carbocycles. The van der Waals surface area contributed by atoms with E-state index in [-0.39, 0.29) is 11.8 Å². The van der Waals surface area contributed by atoms with Crippen LogP contribution in [0.25, 0.3) is 0 Å². The standard InChI is InChI=1S/C14H18ClN3O2S2/c1-10(7-8-22(2,19)20)16-14-18-17-13(21-14)9-11-3-5-12(15)6-4-11/h3-6,10H,7-9H2,1-2H3,(H,16,18). The third kappa shape index (κ3) is 5.90. The van der Waals surface area contributed by atoms with Crippen LogP contribution in [0.1, 0.15) is 23.9 Å². The Kier molecular flexibility index (Phi) is 5.77. The Morgan fingerprint density at radius 2 is 1.95 bits per heavy atom. The second-order valence-electron chi connectivity index (χ2n) is 5.27. The van der Waals surface area contributed by atoms with E-state index in [2.05, 4.69) is 15.5 Å². The summed E-state index contributed by atoms with van der Waals surface area (Å²) < 4.78 is 22.3. The Labute approximate surface area is 139 Å². The van der Waals surface area contributed by atoms with Gasteiger partial charge in [-0.1, -0.05) is 35.1 Å². The van der Waals surface area contributed by atoms with Gasteiger partial charge in [0.1, 0.15) is 14.8 Å².